The number of rotatable bonds is 7. The molecule has 6 heteroatoms. The molecule has 0 aromatic heterocycles. The smallest absolute Gasteiger partial charge is 0.277 e. The fraction of sp³-hybridized carbons (Fsp3) is 0.455. The lowest BCUT2D eigenvalue weighted by Crippen LogP contribution is -2.36. The summed E-state index contributed by atoms with van der Waals surface area (Å²) in [6.45, 7) is 2.49. The molecule has 0 spiro atoms. The van der Waals surface area contributed by atoms with Crippen molar-refractivity contribution in [3.63, 3.8) is 0 Å². The molecule has 0 amide bonds. The van der Waals surface area contributed by atoms with Gasteiger partial charge in [0.15, 0.2) is 0 Å². The minimum absolute atomic E-state index is 0.0469. The van der Waals surface area contributed by atoms with Gasteiger partial charge in [0.1, 0.15) is 0 Å². The molecule has 1 aromatic carbocycles. The molecule has 17 heavy (non-hydrogen) atoms. The quantitative estimate of drug-likeness (QED) is 0.667. The van der Waals surface area contributed by atoms with E-state index in [0.717, 1.165) is 17.5 Å². The topological polar surface area (TPSA) is 78.4 Å². The highest BCUT2D eigenvalue weighted by Crippen LogP contribution is 2.05. The predicted octanol–water partition coefficient (Wildman–Crippen LogP) is 0.513. The molecule has 1 aromatic rings. The molecular formula is C11H18N2O3S. The Hall–Kier alpha value is -0.950. The summed E-state index contributed by atoms with van der Waals surface area (Å²) in [6.07, 6.45) is 0.751. The van der Waals surface area contributed by atoms with Gasteiger partial charge in [0.2, 0.25) is 0 Å². The van der Waals surface area contributed by atoms with Crippen LogP contribution in [0.15, 0.2) is 24.3 Å². The molecule has 0 saturated carbocycles. The largest absolute Gasteiger partial charge is 0.392 e. The number of benzene rings is 1. The van der Waals surface area contributed by atoms with Crippen molar-refractivity contribution in [2.75, 3.05) is 6.54 Å². The maximum atomic E-state index is 11.4. The zero-order valence-corrected chi connectivity index (χ0v) is 10.6. The summed E-state index contributed by atoms with van der Waals surface area (Å²) in [4.78, 5) is 0. The fourth-order valence-corrected chi connectivity index (χ4v) is 2.24. The second-order valence-corrected chi connectivity index (χ2v) is 5.28. The van der Waals surface area contributed by atoms with Gasteiger partial charge in [0, 0.05) is 13.1 Å². The molecule has 0 aliphatic rings. The zero-order chi connectivity index (χ0) is 12.7. The zero-order valence-electron chi connectivity index (χ0n) is 9.81. The van der Waals surface area contributed by atoms with Crippen LogP contribution in [0.2, 0.25) is 0 Å². The monoisotopic (exact) mass is 258 g/mol. The Labute approximate surface area is 102 Å². The Balaban J connectivity index is 2.54. The van der Waals surface area contributed by atoms with Gasteiger partial charge in [-0.3, -0.25) is 0 Å². The molecule has 0 aliphatic carbocycles. The third-order valence-electron chi connectivity index (χ3n) is 2.18. The Morgan fingerprint density at radius 2 is 1.94 bits per heavy atom. The standard InChI is InChI=1S/C11H18N2O3S/c1-2-6-12-17(15,16)13-8-10-4-3-5-11(7-10)9-14/h3-5,7,12-14H,2,6,8-9H2,1H3. The summed E-state index contributed by atoms with van der Waals surface area (Å²) in [5, 5.41) is 8.96. The first-order valence-electron chi connectivity index (χ1n) is 5.50. The number of hydrogen-bond donors (Lipinski definition) is 3. The van der Waals surface area contributed by atoms with Crippen LogP contribution in [-0.4, -0.2) is 20.1 Å². The van der Waals surface area contributed by atoms with Gasteiger partial charge in [-0.05, 0) is 17.5 Å². The molecule has 0 radical (unpaired) electrons. The Bertz CT molecular complexity index is 446. The fourth-order valence-electron chi connectivity index (χ4n) is 1.30. The summed E-state index contributed by atoms with van der Waals surface area (Å²) in [5.41, 5.74) is 1.58. The van der Waals surface area contributed by atoms with Crippen molar-refractivity contribution in [1.29, 1.82) is 0 Å². The first kappa shape index (κ1) is 14.1. The lowest BCUT2D eigenvalue weighted by atomic mass is 10.1. The Morgan fingerprint density at radius 1 is 1.24 bits per heavy atom. The van der Waals surface area contributed by atoms with Gasteiger partial charge in [-0.15, -0.1) is 0 Å². The van der Waals surface area contributed by atoms with Crippen LogP contribution >= 0.6 is 0 Å². The predicted molar refractivity (Wildman–Crippen MR) is 66.4 cm³/mol. The van der Waals surface area contributed by atoms with E-state index in [1.807, 2.05) is 13.0 Å². The van der Waals surface area contributed by atoms with Gasteiger partial charge in [-0.25, -0.2) is 4.72 Å². The van der Waals surface area contributed by atoms with E-state index in [9.17, 15) is 8.42 Å². The van der Waals surface area contributed by atoms with Gasteiger partial charge in [0.25, 0.3) is 10.2 Å². The van der Waals surface area contributed by atoms with Crippen LogP contribution < -0.4 is 9.44 Å². The van der Waals surface area contributed by atoms with Crippen LogP contribution in [0.25, 0.3) is 0 Å². The van der Waals surface area contributed by atoms with Gasteiger partial charge in [-0.2, -0.15) is 13.1 Å². The van der Waals surface area contributed by atoms with E-state index in [-0.39, 0.29) is 13.2 Å². The molecule has 0 fully saturated rings. The Morgan fingerprint density at radius 3 is 2.59 bits per heavy atom. The van der Waals surface area contributed by atoms with Crippen molar-refractivity contribution < 1.29 is 13.5 Å². The number of aliphatic hydroxyl groups is 1. The van der Waals surface area contributed by atoms with Crippen molar-refractivity contribution in [3.05, 3.63) is 35.4 Å². The van der Waals surface area contributed by atoms with Crippen LogP contribution in [0.4, 0.5) is 0 Å². The lowest BCUT2D eigenvalue weighted by molar-refractivity contribution is 0.281. The van der Waals surface area contributed by atoms with Crippen LogP contribution in [0.5, 0.6) is 0 Å². The van der Waals surface area contributed by atoms with Gasteiger partial charge in [-0.1, -0.05) is 31.2 Å². The van der Waals surface area contributed by atoms with Gasteiger partial charge in [0.05, 0.1) is 6.61 Å². The van der Waals surface area contributed by atoms with E-state index in [2.05, 4.69) is 9.44 Å². The van der Waals surface area contributed by atoms with Crippen LogP contribution in [0.3, 0.4) is 0 Å². The molecule has 5 nitrogen and oxygen atoms in total. The average molecular weight is 258 g/mol. The highest BCUT2D eigenvalue weighted by molar-refractivity contribution is 7.87. The summed E-state index contributed by atoms with van der Waals surface area (Å²) in [5.74, 6) is 0. The number of aliphatic hydroxyl groups excluding tert-OH is 1. The Kier molecular flexibility index (Phi) is 5.57. The van der Waals surface area contributed by atoms with E-state index >= 15 is 0 Å². The van der Waals surface area contributed by atoms with Crippen LogP contribution in [0, 0.1) is 0 Å². The molecule has 96 valence electrons. The van der Waals surface area contributed by atoms with Crippen molar-refractivity contribution >= 4 is 10.2 Å². The molecule has 0 unspecified atom stereocenters. The van der Waals surface area contributed by atoms with Crippen molar-refractivity contribution in [3.8, 4) is 0 Å². The number of hydrogen-bond acceptors (Lipinski definition) is 3. The molecule has 1 rings (SSSR count). The van der Waals surface area contributed by atoms with E-state index in [1.54, 1.807) is 18.2 Å². The minimum Gasteiger partial charge on any atom is -0.392 e. The first-order valence-corrected chi connectivity index (χ1v) is 6.98. The van der Waals surface area contributed by atoms with Crippen molar-refractivity contribution in [2.45, 2.75) is 26.5 Å². The summed E-state index contributed by atoms with van der Waals surface area (Å²) < 4.78 is 27.8. The van der Waals surface area contributed by atoms with Crippen molar-refractivity contribution in [1.82, 2.24) is 9.44 Å². The molecule has 0 atom stereocenters. The number of nitrogens with one attached hydrogen (secondary N) is 2. The molecule has 3 N–H and O–H groups in total. The minimum atomic E-state index is -3.42. The highest BCUT2D eigenvalue weighted by Gasteiger charge is 2.07. The maximum Gasteiger partial charge on any atom is 0.277 e. The van der Waals surface area contributed by atoms with E-state index in [4.69, 9.17) is 5.11 Å². The molecular weight excluding hydrogens is 240 g/mol. The molecule has 0 saturated heterocycles. The van der Waals surface area contributed by atoms with Crippen LogP contribution in [0.1, 0.15) is 24.5 Å². The van der Waals surface area contributed by atoms with E-state index in [1.165, 1.54) is 0 Å². The van der Waals surface area contributed by atoms with Crippen molar-refractivity contribution in [2.24, 2.45) is 0 Å². The van der Waals surface area contributed by atoms with Gasteiger partial charge >= 0.3 is 0 Å². The molecule has 0 aliphatic heterocycles. The van der Waals surface area contributed by atoms with E-state index < -0.39 is 10.2 Å². The molecule has 0 bridgehead atoms. The summed E-state index contributed by atoms with van der Waals surface area (Å²) in [6, 6.07) is 7.14. The van der Waals surface area contributed by atoms with Gasteiger partial charge < -0.3 is 5.11 Å². The maximum absolute atomic E-state index is 11.4. The normalized spacial score (nSPS) is 11.6. The SMILES string of the molecule is CCCNS(=O)(=O)NCc1cccc(CO)c1. The third-order valence-corrected chi connectivity index (χ3v) is 3.29. The highest BCUT2D eigenvalue weighted by atomic mass is 32.2. The summed E-state index contributed by atoms with van der Waals surface area (Å²) >= 11 is 0. The van der Waals surface area contributed by atoms with E-state index in [0.29, 0.717) is 6.54 Å². The average Bonchev–Trinajstić information content (AvgIpc) is 2.34. The third kappa shape index (κ3) is 5.27. The molecule has 0 heterocycles. The second kappa shape index (κ2) is 6.70. The lowest BCUT2D eigenvalue weighted by Gasteiger charge is -2.08. The second-order valence-electron chi connectivity index (χ2n) is 3.70. The van der Waals surface area contributed by atoms with Crippen LogP contribution in [-0.2, 0) is 23.4 Å². The first-order chi connectivity index (χ1) is 8.07. The summed E-state index contributed by atoms with van der Waals surface area (Å²) in [7, 11) is -3.42.